The molecular weight excluding hydrogens is 376 g/mol. The molecule has 0 saturated heterocycles. The van der Waals surface area contributed by atoms with Crippen molar-refractivity contribution in [2.24, 2.45) is 0 Å². The Labute approximate surface area is 175 Å². The SMILES string of the molecule is N#Cc1cccc(-c2ccnc(Nc3cccc(NC(=O)NC4CCCC4)c3)n2)c1. The zero-order valence-electron chi connectivity index (χ0n) is 16.4. The zero-order chi connectivity index (χ0) is 20.8. The lowest BCUT2D eigenvalue weighted by Gasteiger charge is -2.13. The molecule has 0 radical (unpaired) electrons. The summed E-state index contributed by atoms with van der Waals surface area (Å²) in [6.07, 6.45) is 6.09. The van der Waals surface area contributed by atoms with Crippen LogP contribution in [0.25, 0.3) is 11.3 Å². The zero-order valence-corrected chi connectivity index (χ0v) is 16.4. The second kappa shape index (κ2) is 9.05. The van der Waals surface area contributed by atoms with Crippen molar-refractivity contribution in [3.63, 3.8) is 0 Å². The first-order valence-corrected chi connectivity index (χ1v) is 9.98. The standard InChI is InChI=1S/C23H22N6O/c24-15-16-5-3-6-17(13-16)21-11-12-25-22(29-21)26-19-9-4-10-20(14-19)28-23(30)27-18-7-1-2-8-18/h3-6,9-14,18H,1-2,7-8H2,(H,25,26,29)(H2,27,28,30). The molecule has 1 aliphatic rings. The quantitative estimate of drug-likeness (QED) is 0.572. The topological polar surface area (TPSA) is 103 Å². The highest BCUT2D eigenvalue weighted by molar-refractivity contribution is 5.90. The van der Waals surface area contributed by atoms with Crippen molar-refractivity contribution >= 4 is 23.4 Å². The summed E-state index contributed by atoms with van der Waals surface area (Å²) >= 11 is 0. The number of nitrogens with zero attached hydrogens (tertiary/aromatic N) is 3. The average molecular weight is 398 g/mol. The van der Waals surface area contributed by atoms with Crippen molar-refractivity contribution in [3.8, 4) is 17.3 Å². The van der Waals surface area contributed by atoms with Gasteiger partial charge in [0.15, 0.2) is 0 Å². The number of nitrogens with one attached hydrogen (secondary N) is 3. The summed E-state index contributed by atoms with van der Waals surface area (Å²) in [5.74, 6) is 0.433. The molecule has 3 N–H and O–H groups in total. The Kier molecular flexibility index (Phi) is 5.85. The largest absolute Gasteiger partial charge is 0.335 e. The molecule has 0 atom stereocenters. The smallest absolute Gasteiger partial charge is 0.319 e. The Hall–Kier alpha value is -3.92. The number of nitriles is 1. The van der Waals surface area contributed by atoms with Crippen LogP contribution in [0, 0.1) is 11.3 Å². The van der Waals surface area contributed by atoms with Crippen molar-refractivity contribution < 1.29 is 4.79 Å². The Morgan fingerprint density at radius 3 is 2.67 bits per heavy atom. The lowest BCUT2D eigenvalue weighted by molar-refractivity contribution is 0.248. The molecule has 0 unspecified atom stereocenters. The average Bonchev–Trinajstić information content (AvgIpc) is 3.27. The van der Waals surface area contributed by atoms with Crippen LogP contribution in [0.15, 0.2) is 60.8 Å². The van der Waals surface area contributed by atoms with E-state index in [9.17, 15) is 4.79 Å². The van der Waals surface area contributed by atoms with Gasteiger partial charge in [-0.15, -0.1) is 0 Å². The molecule has 1 heterocycles. The molecule has 1 saturated carbocycles. The summed E-state index contributed by atoms with van der Waals surface area (Å²) in [6.45, 7) is 0. The molecule has 0 aliphatic heterocycles. The van der Waals surface area contributed by atoms with Gasteiger partial charge in [0, 0.05) is 29.2 Å². The molecule has 2 amide bonds. The van der Waals surface area contributed by atoms with E-state index in [0.29, 0.717) is 17.2 Å². The van der Waals surface area contributed by atoms with Crippen LogP contribution in [-0.2, 0) is 0 Å². The van der Waals surface area contributed by atoms with Crippen molar-refractivity contribution in [2.75, 3.05) is 10.6 Å². The summed E-state index contributed by atoms with van der Waals surface area (Å²) < 4.78 is 0. The molecule has 7 nitrogen and oxygen atoms in total. The number of carbonyl (C=O) groups is 1. The van der Waals surface area contributed by atoms with Crippen LogP contribution < -0.4 is 16.0 Å². The number of anilines is 3. The number of amides is 2. The van der Waals surface area contributed by atoms with Crippen LogP contribution in [0.2, 0.25) is 0 Å². The Morgan fingerprint density at radius 1 is 1.03 bits per heavy atom. The van der Waals surface area contributed by atoms with Gasteiger partial charge in [-0.25, -0.2) is 14.8 Å². The number of benzene rings is 2. The second-order valence-electron chi connectivity index (χ2n) is 7.24. The highest BCUT2D eigenvalue weighted by Crippen LogP contribution is 2.22. The minimum absolute atomic E-state index is 0.185. The van der Waals surface area contributed by atoms with Crippen LogP contribution in [0.5, 0.6) is 0 Å². The molecule has 1 aliphatic carbocycles. The molecule has 150 valence electrons. The molecule has 2 aromatic carbocycles. The fourth-order valence-corrected chi connectivity index (χ4v) is 3.55. The maximum absolute atomic E-state index is 12.2. The normalized spacial score (nSPS) is 13.4. The predicted molar refractivity (Wildman–Crippen MR) is 116 cm³/mol. The highest BCUT2D eigenvalue weighted by Gasteiger charge is 2.17. The van der Waals surface area contributed by atoms with Gasteiger partial charge in [0.1, 0.15) is 0 Å². The van der Waals surface area contributed by atoms with Gasteiger partial charge in [-0.05, 0) is 49.2 Å². The van der Waals surface area contributed by atoms with Crippen LogP contribution >= 0.6 is 0 Å². The second-order valence-corrected chi connectivity index (χ2v) is 7.24. The van der Waals surface area contributed by atoms with Gasteiger partial charge in [-0.3, -0.25) is 0 Å². The molecule has 7 heteroatoms. The molecular formula is C23H22N6O. The van der Waals surface area contributed by atoms with E-state index < -0.39 is 0 Å². The number of carbonyl (C=O) groups excluding carboxylic acids is 1. The van der Waals surface area contributed by atoms with Gasteiger partial charge < -0.3 is 16.0 Å². The fourth-order valence-electron chi connectivity index (χ4n) is 3.55. The first kappa shape index (κ1) is 19.4. The van der Waals surface area contributed by atoms with Gasteiger partial charge in [-0.1, -0.05) is 31.0 Å². The fraction of sp³-hybridized carbons (Fsp3) is 0.217. The van der Waals surface area contributed by atoms with E-state index in [1.807, 2.05) is 36.4 Å². The third kappa shape index (κ3) is 4.92. The van der Waals surface area contributed by atoms with E-state index in [1.165, 1.54) is 12.8 Å². The summed E-state index contributed by atoms with van der Waals surface area (Å²) in [5, 5.41) is 18.2. The number of rotatable bonds is 5. The number of aromatic nitrogens is 2. The molecule has 3 aromatic rings. The monoisotopic (exact) mass is 398 g/mol. The first-order chi connectivity index (χ1) is 14.7. The van der Waals surface area contributed by atoms with E-state index in [4.69, 9.17) is 5.26 Å². The predicted octanol–water partition coefficient (Wildman–Crippen LogP) is 4.82. The number of hydrogen-bond acceptors (Lipinski definition) is 5. The van der Waals surface area contributed by atoms with Crippen LogP contribution in [0.1, 0.15) is 31.2 Å². The Morgan fingerprint density at radius 2 is 1.83 bits per heavy atom. The van der Waals surface area contributed by atoms with Crippen LogP contribution in [0.3, 0.4) is 0 Å². The van der Waals surface area contributed by atoms with Crippen molar-refractivity contribution in [1.29, 1.82) is 5.26 Å². The van der Waals surface area contributed by atoms with Gasteiger partial charge in [0.2, 0.25) is 5.95 Å². The van der Waals surface area contributed by atoms with Gasteiger partial charge in [0.25, 0.3) is 0 Å². The molecule has 30 heavy (non-hydrogen) atoms. The maximum atomic E-state index is 12.2. The maximum Gasteiger partial charge on any atom is 0.319 e. The van der Waals surface area contributed by atoms with Crippen molar-refractivity contribution in [2.45, 2.75) is 31.7 Å². The van der Waals surface area contributed by atoms with Crippen molar-refractivity contribution in [3.05, 3.63) is 66.4 Å². The summed E-state index contributed by atoms with van der Waals surface area (Å²) in [7, 11) is 0. The lowest BCUT2D eigenvalue weighted by Crippen LogP contribution is -2.36. The van der Waals surface area contributed by atoms with E-state index >= 15 is 0 Å². The van der Waals surface area contributed by atoms with E-state index in [1.54, 1.807) is 24.4 Å². The van der Waals surface area contributed by atoms with E-state index in [2.05, 4.69) is 32.0 Å². The molecule has 4 rings (SSSR count). The third-order valence-corrected chi connectivity index (χ3v) is 5.01. The first-order valence-electron chi connectivity index (χ1n) is 9.98. The van der Waals surface area contributed by atoms with Gasteiger partial charge in [0.05, 0.1) is 17.3 Å². The Balaban J connectivity index is 1.45. The van der Waals surface area contributed by atoms with Gasteiger partial charge >= 0.3 is 6.03 Å². The minimum Gasteiger partial charge on any atom is -0.335 e. The summed E-state index contributed by atoms with van der Waals surface area (Å²) in [6, 6.07) is 18.7. The van der Waals surface area contributed by atoms with Gasteiger partial charge in [-0.2, -0.15) is 5.26 Å². The van der Waals surface area contributed by atoms with Crippen LogP contribution in [-0.4, -0.2) is 22.0 Å². The highest BCUT2D eigenvalue weighted by atomic mass is 16.2. The molecule has 0 spiro atoms. The minimum atomic E-state index is -0.185. The molecule has 0 bridgehead atoms. The molecule has 1 aromatic heterocycles. The van der Waals surface area contributed by atoms with Crippen LogP contribution in [0.4, 0.5) is 22.1 Å². The van der Waals surface area contributed by atoms with E-state index in [-0.39, 0.29) is 12.1 Å². The number of hydrogen-bond donors (Lipinski definition) is 3. The van der Waals surface area contributed by atoms with E-state index in [0.717, 1.165) is 29.8 Å². The third-order valence-electron chi connectivity index (χ3n) is 5.01. The Bertz CT molecular complexity index is 1080. The number of urea groups is 1. The lowest BCUT2D eigenvalue weighted by atomic mass is 10.1. The summed E-state index contributed by atoms with van der Waals surface area (Å²) in [4.78, 5) is 21.0. The summed E-state index contributed by atoms with van der Waals surface area (Å²) in [5.41, 5.74) is 3.59. The van der Waals surface area contributed by atoms with Crippen molar-refractivity contribution in [1.82, 2.24) is 15.3 Å². The molecule has 1 fully saturated rings.